The number of aryl methyl sites for hydroxylation is 1. The van der Waals surface area contributed by atoms with Crippen LogP contribution in [0.1, 0.15) is 24.8 Å². The highest BCUT2D eigenvalue weighted by Gasteiger charge is 2.19. The summed E-state index contributed by atoms with van der Waals surface area (Å²) in [5.41, 5.74) is 1.87. The Labute approximate surface area is 190 Å². The zero-order valence-corrected chi connectivity index (χ0v) is 19.9. The van der Waals surface area contributed by atoms with E-state index in [2.05, 4.69) is 39.2 Å². The molecule has 0 spiro atoms. The number of hydrogen-bond acceptors (Lipinski definition) is 6. The Morgan fingerprint density at radius 1 is 1.16 bits per heavy atom. The Hall–Kier alpha value is -1.58. The first-order chi connectivity index (χ1) is 14.9. The number of nitrogens with one attached hydrogen (secondary N) is 2. The van der Waals surface area contributed by atoms with Crippen molar-refractivity contribution in [2.24, 2.45) is 0 Å². The van der Waals surface area contributed by atoms with Crippen LogP contribution >= 0.6 is 11.8 Å². The standard InChI is InChI=1S/C23H33N3O3S2/c1-18-16-22(31(28,29)24-2)8-9-23(18)25-19(17-30-21-6-4-3-5-7-21)10-13-26-14-11-20(27)12-15-26/h3-9,16,19-20,24-25,27H,10-15,17H2,1-2H3/t19-/m1/s1. The van der Waals surface area contributed by atoms with Gasteiger partial charge < -0.3 is 15.3 Å². The molecule has 2 aromatic carbocycles. The Morgan fingerprint density at radius 2 is 1.87 bits per heavy atom. The number of aliphatic hydroxyl groups is 1. The second-order valence-corrected chi connectivity index (χ2v) is 11.0. The molecule has 1 aliphatic rings. The summed E-state index contributed by atoms with van der Waals surface area (Å²) >= 11 is 1.82. The number of likely N-dealkylation sites (tertiary alicyclic amines) is 1. The van der Waals surface area contributed by atoms with Crippen molar-refractivity contribution in [3.05, 3.63) is 54.1 Å². The van der Waals surface area contributed by atoms with Gasteiger partial charge in [0.15, 0.2) is 0 Å². The van der Waals surface area contributed by atoms with E-state index in [9.17, 15) is 13.5 Å². The van der Waals surface area contributed by atoms with Crippen molar-refractivity contribution < 1.29 is 13.5 Å². The maximum absolute atomic E-state index is 12.1. The largest absolute Gasteiger partial charge is 0.393 e. The van der Waals surface area contributed by atoms with Gasteiger partial charge in [0, 0.05) is 42.0 Å². The molecule has 0 amide bonds. The van der Waals surface area contributed by atoms with Crippen LogP contribution in [0.25, 0.3) is 0 Å². The van der Waals surface area contributed by atoms with E-state index in [1.807, 2.05) is 30.8 Å². The molecule has 2 aromatic rings. The number of thioether (sulfide) groups is 1. The second-order valence-electron chi connectivity index (χ2n) is 8.01. The van der Waals surface area contributed by atoms with E-state index < -0.39 is 10.0 Å². The second kappa shape index (κ2) is 11.3. The number of aliphatic hydroxyl groups excluding tert-OH is 1. The minimum Gasteiger partial charge on any atom is -0.393 e. The van der Waals surface area contributed by atoms with Crippen LogP contribution in [0.2, 0.25) is 0 Å². The first-order valence-electron chi connectivity index (χ1n) is 10.8. The minimum atomic E-state index is -3.45. The van der Waals surface area contributed by atoms with Crippen LogP contribution in [0.15, 0.2) is 58.3 Å². The highest BCUT2D eigenvalue weighted by molar-refractivity contribution is 7.99. The monoisotopic (exact) mass is 463 g/mol. The fourth-order valence-corrected chi connectivity index (χ4v) is 5.50. The van der Waals surface area contributed by atoms with Crippen molar-refractivity contribution in [1.29, 1.82) is 0 Å². The Bertz CT molecular complexity index is 930. The highest BCUT2D eigenvalue weighted by atomic mass is 32.2. The summed E-state index contributed by atoms with van der Waals surface area (Å²) in [6.07, 6.45) is 2.51. The first kappa shape index (κ1) is 24.1. The first-order valence-corrected chi connectivity index (χ1v) is 13.2. The Morgan fingerprint density at radius 3 is 2.52 bits per heavy atom. The highest BCUT2D eigenvalue weighted by Crippen LogP contribution is 2.25. The summed E-state index contributed by atoms with van der Waals surface area (Å²) in [6, 6.07) is 15.8. The lowest BCUT2D eigenvalue weighted by Gasteiger charge is -2.31. The molecule has 0 saturated carbocycles. The average molecular weight is 464 g/mol. The third kappa shape index (κ3) is 7.22. The van der Waals surface area contributed by atoms with Crippen molar-refractivity contribution in [2.75, 3.05) is 37.8 Å². The molecule has 0 aromatic heterocycles. The summed E-state index contributed by atoms with van der Waals surface area (Å²) in [5.74, 6) is 0.913. The summed E-state index contributed by atoms with van der Waals surface area (Å²) in [4.78, 5) is 3.94. The minimum absolute atomic E-state index is 0.158. The topological polar surface area (TPSA) is 81.7 Å². The molecule has 0 aliphatic carbocycles. The Balaban J connectivity index is 1.67. The number of rotatable bonds is 10. The van der Waals surface area contributed by atoms with Gasteiger partial charge in [-0.3, -0.25) is 0 Å². The zero-order chi connectivity index (χ0) is 22.3. The smallest absolute Gasteiger partial charge is 0.240 e. The van der Waals surface area contributed by atoms with E-state index in [4.69, 9.17) is 0 Å². The number of piperidine rings is 1. The van der Waals surface area contributed by atoms with Crippen LogP contribution in [0.4, 0.5) is 5.69 Å². The van der Waals surface area contributed by atoms with Crippen molar-refractivity contribution in [3.63, 3.8) is 0 Å². The molecule has 0 radical (unpaired) electrons. The number of benzene rings is 2. The van der Waals surface area contributed by atoms with Gasteiger partial charge in [-0.1, -0.05) is 18.2 Å². The van der Waals surface area contributed by atoms with Crippen LogP contribution in [0, 0.1) is 6.92 Å². The molecule has 1 atom stereocenters. The van der Waals surface area contributed by atoms with Crippen LogP contribution in [-0.2, 0) is 10.0 Å². The molecule has 8 heteroatoms. The predicted octanol–water partition coefficient (Wildman–Crippen LogP) is 3.32. The van der Waals surface area contributed by atoms with E-state index in [1.165, 1.54) is 11.9 Å². The zero-order valence-electron chi connectivity index (χ0n) is 18.3. The van der Waals surface area contributed by atoms with Crippen molar-refractivity contribution in [1.82, 2.24) is 9.62 Å². The fourth-order valence-electron chi connectivity index (χ4n) is 3.70. The van der Waals surface area contributed by atoms with Gasteiger partial charge >= 0.3 is 0 Å². The third-order valence-corrected chi connectivity index (χ3v) is 8.27. The van der Waals surface area contributed by atoms with Crippen molar-refractivity contribution in [2.45, 2.75) is 48.1 Å². The molecule has 0 bridgehead atoms. The molecular formula is C23H33N3O3S2. The van der Waals surface area contributed by atoms with Crippen molar-refractivity contribution >= 4 is 27.5 Å². The molecule has 170 valence electrons. The molecule has 1 aliphatic heterocycles. The van der Waals surface area contributed by atoms with E-state index in [0.717, 1.165) is 55.9 Å². The molecule has 3 N–H and O–H groups in total. The number of sulfonamides is 1. The lowest BCUT2D eigenvalue weighted by atomic mass is 10.1. The molecule has 31 heavy (non-hydrogen) atoms. The normalized spacial score (nSPS) is 16.9. The molecule has 1 fully saturated rings. The van der Waals surface area contributed by atoms with Gasteiger partial charge in [-0.05, 0) is 69.1 Å². The van der Waals surface area contributed by atoms with E-state index >= 15 is 0 Å². The average Bonchev–Trinajstić information content (AvgIpc) is 2.78. The van der Waals surface area contributed by atoms with Crippen LogP contribution in [0.5, 0.6) is 0 Å². The van der Waals surface area contributed by atoms with Gasteiger partial charge in [0.25, 0.3) is 0 Å². The van der Waals surface area contributed by atoms with Gasteiger partial charge in [-0.15, -0.1) is 11.8 Å². The van der Waals surface area contributed by atoms with E-state index in [0.29, 0.717) is 0 Å². The number of anilines is 1. The van der Waals surface area contributed by atoms with Gasteiger partial charge in [-0.2, -0.15) is 0 Å². The molecule has 3 rings (SSSR count). The molecule has 1 heterocycles. The maximum atomic E-state index is 12.1. The summed E-state index contributed by atoms with van der Waals surface area (Å²) in [6.45, 7) is 4.79. The maximum Gasteiger partial charge on any atom is 0.240 e. The summed E-state index contributed by atoms with van der Waals surface area (Å²) in [5, 5.41) is 13.4. The van der Waals surface area contributed by atoms with Crippen LogP contribution in [-0.4, -0.2) is 63.0 Å². The molecule has 1 saturated heterocycles. The molecule has 6 nitrogen and oxygen atoms in total. The van der Waals surface area contributed by atoms with E-state index in [1.54, 1.807) is 12.1 Å². The SMILES string of the molecule is CNS(=O)(=O)c1ccc(N[C@H](CCN2CCC(O)CC2)CSc2ccccc2)c(C)c1. The fraction of sp³-hybridized carbons (Fsp3) is 0.478. The quantitative estimate of drug-likeness (QED) is 0.469. The lowest BCUT2D eigenvalue weighted by molar-refractivity contribution is 0.0817. The predicted molar refractivity (Wildman–Crippen MR) is 128 cm³/mol. The van der Waals surface area contributed by atoms with E-state index in [-0.39, 0.29) is 17.0 Å². The van der Waals surface area contributed by atoms with Gasteiger partial charge in [0.2, 0.25) is 10.0 Å². The number of hydrogen-bond donors (Lipinski definition) is 3. The number of nitrogens with zero attached hydrogens (tertiary/aromatic N) is 1. The van der Waals surface area contributed by atoms with Crippen LogP contribution in [0.3, 0.4) is 0 Å². The summed E-state index contributed by atoms with van der Waals surface area (Å²) in [7, 11) is -2.03. The van der Waals surface area contributed by atoms with Crippen molar-refractivity contribution in [3.8, 4) is 0 Å². The Kier molecular flexibility index (Phi) is 8.80. The molecule has 0 unspecified atom stereocenters. The lowest BCUT2D eigenvalue weighted by Crippen LogP contribution is -2.38. The third-order valence-electron chi connectivity index (χ3n) is 5.68. The van der Waals surface area contributed by atoms with Gasteiger partial charge in [-0.25, -0.2) is 13.1 Å². The van der Waals surface area contributed by atoms with Crippen LogP contribution < -0.4 is 10.0 Å². The molecular weight excluding hydrogens is 430 g/mol. The van der Waals surface area contributed by atoms with Gasteiger partial charge in [0.05, 0.1) is 11.0 Å². The summed E-state index contributed by atoms with van der Waals surface area (Å²) < 4.78 is 26.5. The van der Waals surface area contributed by atoms with Gasteiger partial charge in [0.1, 0.15) is 0 Å².